The minimum absolute atomic E-state index is 0.126. The number of aromatic nitrogens is 3. The topological polar surface area (TPSA) is 68.0 Å². The van der Waals surface area contributed by atoms with Crippen molar-refractivity contribution in [3.8, 4) is 0 Å². The lowest BCUT2D eigenvalue weighted by molar-refractivity contribution is -0.136. The standard InChI is InChI=1S/C10H15N3O2/c14-10(15)4-3-9-7-13(12-11-9)6-5-8-1-2-8/h7-8H,1-6H2,(H,14,15). The van der Waals surface area contributed by atoms with Gasteiger partial charge in [0.15, 0.2) is 0 Å². The molecule has 0 spiro atoms. The van der Waals surface area contributed by atoms with E-state index in [0.29, 0.717) is 6.42 Å². The Hall–Kier alpha value is -1.39. The Morgan fingerprint density at radius 2 is 2.40 bits per heavy atom. The molecular formula is C10H15N3O2. The van der Waals surface area contributed by atoms with Crippen LogP contribution in [0.3, 0.4) is 0 Å². The van der Waals surface area contributed by atoms with Crippen LogP contribution in [0.5, 0.6) is 0 Å². The predicted molar refractivity (Wildman–Crippen MR) is 53.3 cm³/mol. The fourth-order valence-electron chi connectivity index (χ4n) is 1.52. The summed E-state index contributed by atoms with van der Waals surface area (Å²) in [6.45, 7) is 0.907. The molecule has 1 aromatic rings. The van der Waals surface area contributed by atoms with E-state index in [1.54, 1.807) is 0 Å². The Morgan fingerprint density at radius 3 is 3.07 bits per heavy atom. The van der Waals surface area contributed by atoms with Gasteiger partial charge in [-0.25, -0.2) is 0 Å². The molecule has 15 heavy (non-hydrogen) atoms. The molecule has 5 heteroatoms. The van der Waals surface area contributed by atoms with Gasteiger partial charge in [0.25, 0.3) is 0 Å². The molecule has 1 aromatic heterocycles. The van der Waals surface area contributed by atoms with Gasteiger partial charge in [0, 0.05) is 19.2 Å². The van der Waals surface area contributed by atoms with Crippen LogP contribution in [0.2, 0.25) is 0 Å². The Kier molecular flexibility index (Phi) is 2.99. The first-order chi connectivity index (χ1) is 7.24. The Bertz CT molecular complexity index is 344. The first-order valence-corrected chi connectivity index (χ1v) is 5.35. The van der Waals surface area contributed by atoms with Crippen molar-refractivity contribution in [1.82, 2.24) is 15.0 Å². The summed E-state index contributed by atoms with van der Waals surface area (Å²) in [6, 6.07) is 0. The molecule has 0 saturated heterocycles. The van der Waals surface area contributed by atoms with Crippen LogP contribution in [0.15, 0.2) is 6.20 Å². The summed E-state index contributed by atoms with van der Waals surface area (Å²) in [6.07, 6.45) is 6.31. The third kappa shape index (κ3) is 3.34. The maximum Gasteiger partial charge on any atom is 0.303 e. The molecule has 82 valence electrons. The van der Waals surface area contributed by atoms with E-state index < -0.39 is 5.97 Å². The second kappa shape index (κ2) is 4.42. The van der Waals surface area contributed by atoms with Gasteiger partial charge in [-0.05, 0) is 12.3 Å². The van der Waals surface area contributed by atoms with Crippen molar-refractivity contribution in [3.05, 3.63) is 11.9 Å². The zero-order chi connectivity index (χ0) is 10.7. The van der Waals surface area contributed by atoms with Crippen LogP contribution in [0.25, 0.3) is 0 Å². The third-order valence-corrected chi connectivity index (χ3v) is 2.64. The zero-order valence-electron chi connectivity index (χ0n) is 8.59. The van der Waals surface area contributed by atoms with Gasteiger partial charge in [0.1, 0.15) is 0 Å². The van der Waals surface area contributed by atoms with Gasteiger partial charge in [-0.2, -0.15) is 0 Å². The Labute approximate surface area is 88.1 Å². The summed E-state index contributed by atoms with van der Waals surface area (Å²) >= 11 is 0. The Balaban J connectivity index is 1.77. The number of hydrogen-bond donors (Lipinski definition) is 1. The quantitative estimate of drug-likeness (QED) is 0.761. The van der Waals surface area contributed by atoms with Crippen LogP contribution in [-0.2, 0) is 17.8 Å². The molecule has 0 atom stereocenters. The minimum Gasteiger partial charge on any atom is -0.481 e. The van der Waals surface area contributed by atoms with E-state index in [2.05, 4.69) is 10.3 Å². The van der Waals surface area contributed by atoms with Crippen LogP contribution in [0.4, 0.5) is 0 Å². The molecule has 1 N–H and O–H groups in total. The first-order valence-electron chi connectivity index (χ1n) is 5.35. The smallest absolute Gasteiger partial charge is 0.303 e. The second-order valence-electron chi connectivity index (χ2n) is 4.10. The highest BCUT2D eigenvalue weighted by Crippen LogP contribution is 2.32. The first kappa shape index (κ1) is 10.1. The van der Waals surface area contributed by atoms with E-state index in [-0.39, 0.29) is 6.42 Å². The molecule has 0 unspecified atom stereocenters. The molecule has 1 aliphatic carbocycles. The van der Waals surface area contributed by atoms with Gasteiger partial charge >= 0.3 is 5.97 Å². The van der Waals surface area contributed by atoms with E-state index in [4.69, 9.17) is 5.11 Å². The monoisotopic (exact) mass is 209 g/mol. The molecule has 5 nitrogen and oxygen atoms in total. The number of carboxylic acids is 1. The fourth-order valence-corrected chi connectivity index (χ4v) is 1.52. The third-order valence-electron chi connectivity index (χ3n) is 2.64. The lowest BCUT2D eigenvalue weighted by Gasteiger charge is -1.96. The molecule has 0 radical (unpaired) electrons. The molecule has 1 heterocycles. The predicted octanol–water partition coefficient (Wildman–Crippen LogP) is 1.10. The van der Waals surface area contributed by atoms with Crippen molar-refractivity contribution in [2.45, 2.75) is 38.6 Å². The average Bonchev–Trinajstić information content (AvgIpc) is 2.92. The van der Waals surface area contributed by atoms with Gasteiger partial charge in [-0.3, -0.25) is 9.48 Å². The van der Waals surface area contributed by atoms with E-state index in [1.165, 1.54) is 19.3 Å². The number of hydrogen-bond acceptors (Lipinski definition) is 3. The number of carboxylic acid groups (broad SMARTS) is 1. The zero-order valence-corrected chi connectivity index (χ0v) is 8.59. The number of nitrogens with zero attached hydrogens (tertiary/aromatic N) is 3. The summed E-state index contributed by atoms with van der Waals surface area (Å²) < 4.78 is 1.81. The molecule has 0 aliphatic heterocycles. The molecule has 0 aromatic carbocycles. The number of carbonyl (C=O) groups is 1. The van der Waals surface area contributed by atoms with Crippen LogP contribution in [0.1, 0.15) is 31.4 Å². The summed E-state index contributed by atoms with van der Waals surface area (Å²) in [5.41, 5.74) is 0.771. The summed E-state index contributed by atoms with van der Waals surface area (Å²) in [4.78, 5) is 10.3. The second-order valence-corrected chi connectivity index (χ2v) is 4.10. The van der Waals surface area contributed by atoms with Gasteiger partial charge in [0.2, 0.25) is 0 Å². The Morgan fingerprint density at radius 1 is 1.60 bits per heavy atom. The van der Waals surface area contributed by atoms with E-state index >= 15 is 0 Å². The van der Waals surface area contributed by atoms with E-state index in [1.807, 2.05) is 10.9 Å². The molecule has 0 amide bonds. The minimum atomic E-state index is -0.789. The molecule has 2 rings (SSSR count). The molecule has 1 saturated carbocycles. The summed E-state index contributed by atoms with van der Waals surface area (Å²) in [5, 5.41) is 16.4. The van der Waals surface area contributed by atoms with Crippen LogP contribution < -0.4 is 0 Å². The van der Waals surface area contributed by atoms with Crippen LogP contribution >= 0.6 is 0 Å². The maximum absolute atomic E-state index is 10.3. The molecule has 1 aliphatic rings. The van der Waals surface area contributed by atoms with E-state index in [0.717, 1.165) is 18.2 Å². The highest BCUT2D eigenvalue weighted by molar-refractivity contribution is 5.66. The lowest BCUT2D eigenvalue weighted by atomic mass is 10.2. The SMILES string of the molecule is O=C(O)CCc1cn(CCC2CC2)nn1. The molecule has 1 fully saturated rings. The molecule has 0 bridgehead atoms. The summed E-state index contributed by atoms with van der Waals surface area (Å²) in [5.74, 6) is 0.0965. The van der Waals surface area contributed by atoms with Crippen molar-refractivity contribution in [1.29, 1.82) is 0 Å². The van der Waals surface area contributed by atoms with Crippen molar-refractivity contribution >= 4 is 5.97 Å². The lowest BCUT2D eigenvalue weighted by Crippen LogP contribution is -1.99. The largest absolute Gasteiger partial charge is 0.481 e. The van der Waals surface area contributed by atoms with E-state index in [9.17, 15) is 4.79 Å². The van der Waals surface area contributed by atoms with Crippen molar-refractivity contribution in [3.63, 3.8) is 0 Å². The summed E-state index contributed by atoms with van der Waals surface area (Å²) in [7, 11) is 0. The fraction of sp³-hybridized carbons (Fsp3) is 0.700. The van der Waals surface area contributed by atoms with Gasteiger partial charge in [0.05, 0.1) is 12.1 Å². The highest BCUT2D eigenvalue weighted by Gasteiger charge is 2.20. The van der Waals surface area contributed by atoms with Crippen molar-refractivity contribution < 1.29 is 9.90 Å². The normalized spacial score (nSPS) is 15.5. The maximum atomic E-state index is 10.3. The van der Waals surface area contributed by atoms with Gasteiger partial charge in [-0.1, -0.05) is 18.1 Å². The molecular weight excluding hydrogens is 194 g/mol. The number of aryl methyl sites for hydroxylation is 2. The van der Waals surface area contributed by atoms with Gasteiger partial charge in [-0.15, -0.1) is 5.10 Å². The van der Waals surface area contributed by atoms with Crippen LogP contribution in [-0.4, -0.2) is 26.1 Å². The van der Waals surface area contributed by atoms with Crippen molar-refractivity contribution in [2.75, 3.05) is 0 Å². The number of aliphatic carboxylic acids is 1. The highest BCUT2D eigenvalue weighted by atomic mass is 16.4. The average molecular weight is 209 g/mol. The van der Waals surface area contributed by atoms with Crippen molar-refractivity contribution in [2.24, 2.45) is 5.92 Å². The number of rotatable bonds is 6. The van der Waals surface area contributed by atoms with Gasteiger partial charge < -0.3 is 5.11 Å². The van der Waals surface area contributed by atoms with Crippen LogP contribution in [0, 0.1) is 5.92 Å².